The van der Waals surface area contributed by atoms with E-state index in [1.54, 1.807) is 6.20 Å². The highest BCUT2D eigenvalue weighted by atomic mass is 16.5. The lowest BCUT2D eigenvalue weighted by Gasteiger charge is -2.40. The van der Waals surface area contributed by atoms with Crippen molar-refractivity contribution in [3.8, 4) is 0 Å². The predicted octanol–water partition coefficient (Wildman–Crippen LogP) is 2.89. The van der Waals surface area contributed by atoms with Crippen LogP contribution in [-0.4, -0.2) is 79.2 Å². The molecule has 6 nitrogen and oxygen atoms in total. The molecule has 6 heteroatoms. The van der Waals surface area contributed by atoms with Gasteiger partial charge in [0.15, 0.2) is 0 Å². The van der Waals surface area contributed by atoms with Crippen LogP contribution in [0, 0.1) is 5.92 Å². The second-order valence-corrected chi connectivity index (χ2v) is 8.59. The third-order valence-electron chi connectivity index (χ3n) is 5.92. The second-order valence-electron chi connectivity index (χ2n) is 8.59. The quantitative estimate of drug-likeness (QED) is 0.750. The first-order valence-corrected chi connectivity index (χ1v) is 10.8. The average molecular weight is 389 g/mol. The van der Waals surface area contributed by atoms with E-state index in [9.17, 15) is 4.79 Å². The summed E-state index contributed by atoms with van der Waals surface area (Å²) in [5.74, 6) is 1.48. The summed E-state index contributed by atoms with van der Waals surface area (Å²) in [4.78, 5) is 24.1. The Morgan fingerprint density at radius 2 is 2.00 bits per heavy atom. The Morgan fingerprint density at radius 1 is 1.25 bits per heavy atom. The number of carbonyl (C=O) groups excluding carboxylic acids is 1. The summed E-state index contributed by atoms with van der Waals surface area (Å²) >= 11 is 0. The van der Waals surface area contributed by atoms with Gasteiger partial charge in [0, 0.05) is 51.0 Å². The van der Waals surface area contributed by atoms with Crippen molar-refractivity contribution in [2.24, 2.45) is 5.92 Å². The topological polar surface area (TPSA) is 48.9 Å². The molecule has 2 atom stereocenters. The molecule has 3 heterocycles. The van der Waals surface area contributed by atoms with Gasteiger partial charge in [-0.3, -0.25) is 4.79 Å². The van der Waals surface area contributed by atoms with Gasteiger partial charge < -0.3 is 19.4 Å². The van der Waals surface area contributed by atoms with Crippen molar-refractivity contribution in [3.63, 3.8) is 0 Å². The van der Waals surface area contributed by atoms with Crippen molar-refractivity contribution in [3.05, 3.63) is 23.9 Å². The number of hydrogen-bond donors (Lipinski definition) is 0. The van der Waals surface area contributed by atoms with Gasteiger partial charge in [-0.15, -0.1) is 0 Å². The first-order chi connectivity index (χ1) is 13.5. The molecular weight excluding hydrogens is 352 g/mol. The molecule has 2 aliphatic heterocycles. The molecular formula is C22H36N4O2. The number of piperazine rings is 1. The Labute approximate surface area is 169 Å². The zero-order valence-electron chi connectivity index (χ0n) is 17.9. The van der Waals surface area contributed by atoms with Crippen molar-refractivity contribution in [1.82, 2.24) is 14.8 Å². The summed E-state index contributed by atoms with van der Waals surface area (Å²) in [6.45, 7) is 11.8. The van der Waals surface area contributed by atoms with Crippen molar-refractivity contribution < 1.29 is 9.53 Å². The summed E-state index contributed by atoms with van der Waals surface area (Å²) in [7, 11) is 2.10. The fourth-order valence-electron chi connectivity index (χ4n) is 3.93. The minimum atomic E-state index is 0.118. The van der Waals surface area contributed by atoms with Gasteiger partial charge in [-0.2, -0.15) is 0 Å². The Balaban J connectivity index is 1.73. The number of ether oxygens (including phenoxy) is 1. The van der Waals surface area contributed by atoms with Gasteiger partial charge in [-0.1, -0.05) is 33.6 Å². The molecule has 0 aromatic carbocycles. The molecule has 1 aromatic heterocycles. The van der Waals surface area contributed by atoms with Gasteiger partial charge in [0.25, 0.3) is 5.91 Å². The van der Waals surface area contributed by atoms with Gasteiger partial charge in [-0.25, -0.2) is 4.98 Å². The molecule has 2 fully saturated rings. The number of aromatic nitrogens is 1. The van der Waals surface area contributed by atoms with E-state index in [0.29, 0.717) is 5.92 Å². The maximum Gasteiger partial charge on any atom is 0.254 e. The second kappa shape index (κ2) is 9.70. The highest BCUT2D eigenvalue weighted by molar-refractivity contribution is 5.95. The number of hydrogen-bond acceptors (Lipinski definition) is 5. The minimum absolute atomic E-state index is 0.118. The molecule has 156 valence electrons. The SMILES string of the molecule is CCCC[C@@H]1CN(c2cc(C(=O)N3CCN(C)CC3)ccn2)C[C@H](C(C)C)O1. The van der Waals surface area contributed by atoms with Crippen molar-refractivity contribution >= 4 is 11.7 Å². The molecule has 2 saturated heterocycles. The largest absolute Gasteiger partial charge is 0.371 e. The number of morpholine rings is 1. The Bertz CT molecular complexity index is 643. The molecule has 1 aromatic rings. The number of carbonyl (C=O) groups is 1. The maximum absolute atomic E-state index is 13.0. The van der Waals surface area contributed by atoms with Gasteiger partial charge in [-0.05, 0) is 31.5 Å². The standard InChI is InChI=1S/C22H36N4O2/c1-5-6-7-19-15-26(16-20(28-19)17(2)3)21-14-18(8-9-23-21)22(27)25-12-10-24(4)11-13-25/h8-9,14,17,19-20H,5-7,10-13,15-16H2,1-4H3/t19-,20-/m1/s1. The monoisotopic (exact) mass is 388 g/mol. The number of rotatable bonds is 6. The van der Waals surface area contributed by atoms with E-state index in [0.717, 1.165) is 57.1 Å². The zero-order valence-corrected chi connectivity index (χ0v) is 17.9. The van der Waals surface area contributed by atoms with E-state index in [1.165, 1.54) is 12.8 Å². The summed E-state index contributed by atoms with van der Waals surface area (Å²) in [6.07, 6.45) is 5.66. The molecule has 1 amide bonds. The highest BCUT2D eigenvalue weighted by Crippen LogP contribution is 2.25. The Morgan fingerprint density at radius 3 is 2.68 bits per heavy atom. The third-order valence-corrected chi connectivity index (χ3v) is 5.92. The third kappa shape index (κ3) is 5.23. The minimum Gasteiger partial charge on any atom is -0.371 e. The van der Waals surface area contributed by atoms with Crippen LogP contribution in [0.25, 0.3) is 0 Å². The fraction of sp³-hybridized carbons (Fsp3) is 0.727. The van der Waals surface area contributed by atoms with E-state index >= 15 is 0 Å². The Hall–Kier alpha value is -1.66. The summed E-state index contributed by atoms with van der Waals surface area (Å²) in [6, 6.07) is 3.82. The van der Waals surface area contributed by atoms with Gasteiger partial charge in [0.05, 0.1) is 12.2 Å². The van der Waals surface area contributed by atoms with E-state index in [-0.39, 0.29) is 18.1 Å². The predicted molar refractivity (Wildman–Crippen MR) is 113 cm³/mol. The van der Waals surface area contributed by atoms with Crippen LogP contribution in [0.4, 0.5) is 5.82 Å². The first-order valence-electron chi connectivity index (χ1n) is 10.8. The molecule has 28 heavy (non-hydrogen) atoms. The number of anilines is 1. The Kier molecular flexibility index (Phi) is 7.30. The molecule has 0 spiro atoms. The zero-order chi connectivity index (χ0) is 20.1. The highest BCUT2D eigenvalue weighted by Gasteiger charge is 2.30. The molecule has 0 N–H and O–H groups in total. The van der Waals surface area contributed by atoms with Crippen molar-refractivity contribution in [1.29, 1.82) is 0 Å². The van der Waals surface area contributed by atoms with Crippen LogP contribution in [0.2, 0.25) is 0 Å². The number of nitrogens with zero attached hydrogens (tertiary/aromatic N) is 4. The molecule has 3 rings (SSSR count). The normalized spacial score (nSPS) is 24.0. The van der Waals surface area contributed by atoms with Crippen LogP contribution in [-0.2, 0) is 4.74 Å². The van der Waals surface area contributed by atoms with Crippen LogP contribution in [0.3, 0.4) is 0 Å². The smallest absolute Gasteiger partial charge is 0.254 e. The molecule has 0 aliphatic carbocycles. The van der Waals surface area contributed by atoms with E-state index < -0.39 is 0 Å². The summed E-state index contributed by atoms with van der Waals surface area (Å²) in [5, 5.41) is 0. The van der Waals surface area contributed by atoms with Crippen LogP contribution < -0.4 is 4.90 Å². The van der Waals surface area contributed by atoms with E-state index in [1.807, 2.05) is 17.0 Å². The maximum atomic E-state index is 13.0. The lowest BCUT2D eigenvalue weighted by molar-refractivity contribution is -0.0521. The molecule has 2 aliphatic rings. The van der Waals surface area contributed by atoms with Gasteiger partial charge in [0.1, 0.15) is 5.82 Å². The van der Waals surface area contributed by atoms with E-state index in [4.69, 9.17) is 4.74 Å². The van der Waals surface area contributed by atoms with Gasteiger partial charge in [0.2, 0.25) is 0 Å². The van der Waals surface area contributed by atoms with Gasteiger partial charge >= 0.3 is 0 Å². The van der Waals surface area contributed by atoms with Crippen molar-refractivity contribution in [2.45, 2.75) is 52.2 Å². The number of pyridine rings is 1. The average Bonchev–Trinajstić information content (AvgIpc) is 2.72. The van der Waals surface area contributed by atoms with Crippen LogP contribution >= 0.6 is 0 Å². The molecule has 0 bridgehead atoms. The lowest BCUT2D eigenvalue weighted by Crippen LogP contribution is -2.50. The van der Waals surface area contributed by atoms with Crippen LogP contribution in [0.1, 0.15) is 50.4 Å². The van der Waals surface area contributed by atoms with Crippen LogP contribution in [0.15, 0.2) is 18.3 Å². The summed E-state index contributed by atoms with van der Waals surface area (Å²) < 4.78 is 6.34. The van der Waals surface area contributed by atoms with Crippen LogP contribution in [0.5, 0.6) is 0 Å². The molecule has 0 saturated carbocycles. The lowest BCUT2D eigenvalue weighted by atomic mass is 10.0. The number of likely N-dealkylation sites (N-methyl/N-ethyl adjacent to an activating group) is 1. The fourth-order valence-corrected chi connectivity index (χ4v) is 3.93. The summed E-state index contributed by atoms with van der Waals surface area (Å²) in [5.41, 5.74) is 0.743. The molecule has 0 unspecified atom stereocenters. The first kappa shape index (κ1) is 21.1. The van der Waals surface area contributed by atoms with Crippen molar-refractivity contribution in [2.75, 3.05) is 51.2 Å². The van der Waals surface area contributed by atoms with E-state index in [2.05, 4.69) is 42.6 Å². The number of unbranched alkanes of at least 4 members (excludes halogenated alkanes) is 1. The molecule has 0 radical (unpaired) electrons. The number of amides is 1.